The number of hydrogen-bond acceptors (Lipinski definition) is 4. The highest BCUT2D eigenvalue weighted by molar-refractivity contribution is 14.0. The lowest BCUT2D eigenvalue weighted by Crippen LogP contribution is -2.42. The van der Waals surface area contributed by atoms with Crippen molar-refractivity contribution in [2.24, 2.45) is 4.99 Å². The lowest BCUT2D eigenvalue weighted by molar-refractivity contribution is -0.153. The largest absolute Gasteiger partial charge is 0.494 e. The molecule has 1 rings (SSSR count). The van der Waals surface area contributed by atoms with Gasteiger partial charge in [0.1, 0.15) is 17.9 Å². The van der Waals surface area contributed by atoms with Crippen LogP contribution in [0.5, 0.6) is 5.75 Å². The van der Waals surface area contributed by atoms with E-state index in [-0.39, 0.29) is 36.5 Å². The van der Waals surface area contributed by atoms with Crippen LogP contribution in [0.3, 0.4) is 0 Å². The third kappa shape index (κ3) is 9.52. The van der Waals surface area contributed by atoms with Gasteiger partial charge in [-0.25, -0.2) is 0 Å². The Morgan fingerprint density at radius 1 is 1.24 bits per heavy atom. The number of halogens is 1. The van der Waals surface area contributed by atoms with E-state index in [9.17, 15) is 4.79 Å². The number of esters is 1. The highest BCUT2D eigenvalue weighted by Crippen LogP contribution is 2.13. The zero-order chi connectivity index (χ0) is 18.2. The van der Waals surface area contributed by atoms with Gasteiger partial charge >= 0.3 is 5.97 Å². The maximum absolute atomic E-state index is 11.8. The smallest absolute Gasteiger partial charge is 0.325 e. The van der Waals surface area contributed by atoms with Crippen LogP contribution >= 0.6 is 24.0 Å². The third-order valence-corrected chi connectivity index (χ3v) is 3.04. The molecular formula is C18H30IN3O3. The molecule has 1 aromatic carbocycles. The molecule has 1 aromatic rings. The fourth-order valence-electron chi connectivity index (χ4n) is 2.12. The Morgan fingerprint density at radius 2 is 1.84 bits per heavy atom. The van der Waals surface area contributed by atoms with E-state index >= 15 is 0 Å². The molecule has 0 unspecified atom stereocenters. The quantitative estimate of drug-likeness (QED) is 0.304. The average molecular weight is 463 g/mol. The zero-order valence-corrected chi connectivity index (χ0v) is 18.3. The summed E-state index contributed by atoms with van der Waals surface area (Å²) in [5.74, 6) is 1.18. The number of benzene rings is 1. The lowest BCUT2D eigenvalue weighted by Gasteiger charge is -2.23. The number of carbonyl (C=O) groups is 1. The Hall–Kier alpha value is -1.51. The summed E-state index contributed by atoms with van der Waals surface area (Å²) in [6, 6.07) is 7.93. The first-order valence-corrected chi connectivity index (χ1v) is 8.10. The second-order valence-electron chi connectivity index (χ2n) is 6.42. The molecule has 7 heteroatoms. The summed E-state index contributed by atoms with van der Waals surface area (Å²) in [4.78, 5) is 17.9. The SMILES string of the molecule is CCOc1ccc(CN(C)C(=NC)NCC(=O)OC(C)(C)C)cc1.I. The molecule has 6 nitrogen and oxygen atoms in total. The number of nitrogens with one attached hydrogen (secondary N) is 1. The number of guanidine groups is 1. The molecule has 0 aliphatic heterocycles. The average Bonchev–Trinajstić information content (AvgIpc) is 2.48. The first-order chi connectivity index (χ1) is 11.2. The van der Waals surface area contributed by atoms with E-state index in [1.54, 1.807) is 7.05 Å². The van der Waals surface area contributed by atoms with E-state index in [4.69, 9.17) is 9.47 Å². The van der Waals surface area contributed by atoms with Crippen LogP contribution in [0.4, 0.5) is 0 Å². The minimum atomic E-state index is -0.490. The molecule has 1 N–H and O–H groups in total. The molecule has 0 aliphatic rings. The number of ether oxygens (including phenoxy) is 2. The fraction of sp³-hybridized carbons (Fsp3) is 0.556. The summed E-state index contributed by atoms with van der Waals surface area (Å²) in [6.07, 6.45) is 0. The van der Waals surface area contributed by atoms with Crippen molar-refractivity contribution >= 4 is 35.9 Å². The second kappa shape index (κ2) is 11.2. The van der Waals surface area contributed by atoms with Crippen molar-refractivity contribution in [2.45, 2.75) is 39.8 Å². The number of nitrogens with zero attached hydrogens (tertiary/aromatic N) is 2. The summed E-state index contributed by atoms with van der Waals surface area (Å²) in [5, 5.41) is 3.02. The summed E-state index contributed by atoms with van der Waals surface area (Å²) in [5.41, 5.74) is 0.636. The molecule has 0 bridgehead atoms. The van der Waals surface area contributed by atoms with Gasteiger partial charge in [0.2, 0.25) is 0 Å². The highest BCUT2D eigenvalue weighted by atomic mass is 127. The number of hydrogen-bond donors (Lipinski definition) is 1. The van der Waals surface area contributed by atoms with Crippen molar-refractivity contribution in [3.05, 3.63) is 29.8 Å². The zero-order valence-electron chi connectivity index (χ0n) is 16.0. The molecule has 0 saturated heterocycles. The summed E-state index contributed by atoms with van der Waals surface area (Å²) < 4.78 is 10.7. The molecule has 0 aromatic heterocycles. The standard InChI is InChI=1S/C18H29N3O3.HI/c1-7-23-15-10-8-14(9-11-15)13-21(6)17(19-5)20-12-16(22)24-18(2,3)4;/h8-11H,7,12-13H2,1-6H3,(H,19,20);1H. The molecule has 0 radical (unpaired) electrons. The Labute approximate surface area is 168 Å². The molecule has 142 valence electrons. The number of rotatable bonds is 6. The molecule has 0 saturated carbocycles. The van der Waals surface area contributed by atoms with Crippen LogP contribution in [-0.4, -0.2) is 49.7 Å². The first-order valence-electron chi connectivity index (χ1n) is 8.10. The molecular weight excluding hydrogens is 433 g/mol. The minimum Gasteiger partial charge on any atom is -0.494 e. The monoisotopic (exact) mass is 463 g/mol. The first kappa shape index (κ1) is 23.5. The maximum Gasteiger partial charge on any atom is 0.325 e. The molecule has 25 heavy (non-hydrogen) atoms. The van der Waals surface area contributed by atoms with Gasteiger partial charge in [-0.3, -0.25) is 9.79 Å². The third-order valence-electron chi connectivity index (χ3n) is 3.04. The molecule has 0 amide bonds. The molecule has 0 fully saturated rings. The van der Waals surface area contributed by atoms with Crippen LogP contribution < -0.4 is 10.1 Å². The van der Waals surface area contributed by atoms with Gasteiger partial charge in [-0.2, -0.15) is 0 Å². The Bertz CT molecular complexity index is 554. The number of carbonyl (C=O) groups excluding carboxylic acids is 1. The van der Waals surface area contributed by atoms with E-state index in [0.717, 1.165) is 11.3 Å². The van der Waals surface area contributed by atoms with E-state index < -0.39 is 5.60 Å². The number of aliphatic imine (C=N–C) groups is 1. The fourth-order valence-corrected chi connectivity index (χ4v) is 2.12. The topological polar surface area (TPSA) is 63.2 Å². The molecule has 0 spiro atoms. The van der Waals surface area contributed by atoms with Gasteiger partial charge in [-0.15, -0.1) is 24.0 Å². The van der Waals surface area contributed by atoms with Crippen molar-refractivity contribution in [3.63, 3.8) is 0 Å². The van der Waals surface area contributed by atoms with Gasteiger partial charge in [0.05, 0.1) is 6.61 Å². The molecule has 0 atom stereocenters. The van der Waals surface area contributed by atoms with E-state index in [1.807, 2.05) is 63.9 Å². The van der Waals surface area contributed by atoms with Gasteiger partial charge in [0.15, 0.2) is 5.96 Å². The van der Waals surface area contributed by atoms with Crippen LogP contribution in [0.1, 0.15) is 33.3 Å². The van der Waals surface area contributed by atoms with Gasteiger partial charge in [-0.1, -0.05) is 12.1 Å². The van der Waals surface area contributed by atoms with E-state index in [1.165, 1.54) is 0 Å². The Morgan fingerprint density at radius 3 is 2.32 bits per heavy atom. The summed E-state index contributed by atoms with van der Waals surface area (Å²) >= 11 is 0. The molecule has 0 heterocycles. The van der Waals surface area contributed by atoms with Crippen LogP contribution in [-0.2, 0) is 16.1 Å². The summed E-state index contributed by atoms with van der Waals surface area (Å²) in [7, 11) is 3.60. The predicted octanol–water partition coefficient (Wildman–Crippen LogP) is 3.05. The van der Waals surface area contributed by atoms with Gasteiger partial charge in [0.25, 0.3) is 0 Å². The Balaban J connectivity index is 0.00000576. The van der Waals surface area contributed by atoms with Gasteiger partial charge < -0.3 is 19.7 Å². The van der Waals surface area contributed by atoms with Crippen molar-refractivity contribution in [3.8, 4) is 5.75 Å². The van der Waals surface area contributed by atoms with E-state index in [2.05, 4.69) is 10.3 Å². The van der Waals surface area contributed by atoms with Crippen LogP contribution in [0.15, 0.2) is 29.3 Å². The summed E-state index contributed by atoms with van der Waals surface area (Å²) in [6.45, 7) is 8.90. The van der Waals surface area contributed by atoms with Crippen molar-refractivity contribution in [1.29, 1.82) is 0 Å². The second-order valence-corrected chi connectivity index (χ2v) is 6.42. The van der Waals surface area contributed by atoms with Crippen molar-refractivity contribution < 1.29 is 14.3 Å². The van der Waals surface area contributed by atoms with Crippen molar-refractivity contribution in [2.75, 3.05) is 27.2 Å². The van der Waals surface area contributed by atoms with Crippen LogP contribution in [0.25, 0.3) is 0 Å². The Kier molecular flexibility index (Phi) is 10.5. The van der Waals surface area contributed by atoms with Crippen molar-refractivity contribution in [1.82, 2.24) is 10.2 Å². The maximum atomic E-state index is 11.8. The van der Waals surface area contributed by atoms with Gasteiger partial charge in [0, 0.05) is 20.6 Å². The van der Waals surface area contributed by atoms with Crippen LogP contribution in [0, 0.1) is 0 Å². The van der Waals surface area contributed by atoms with E-state index in [0.29, 0.717) is 19.1 Å². The predicted molar refractivity (Wildman–Crippen MR) is 112 cm³/mol. The van der Waals surface area contributed by atoms with Gasteiger partial charge in [-0.05, 0) is 45.4 Å². The lowest BCUT2D eigenvalue weighted by atomic mass is 10.2. The normalized spacial score (nSPS) is 11.4. The highest BCUT2D eigenvalue weighted by Gasteiger charge is 2.17. The van der Waals surface area contributed by atoms with Crippen LogP contribution in [0.2, 0.25) is 0 Å². The minimum absolute atomic E-state index is 0. The molecule has 0 aliphatic carbocycles.